The highest BCUT2D eigenvalue weighted by Crippen LogP contribution is 2.13. The monoisotopic (exact) mass is 280 g/mol. The number of nitrogens with one attached hydrogen (secondary N) is 1. The van der Waals surface area contributed by atoms with Crippen LogP contribution in [-0.2, 0) is 23.2 Å². The molecule has 1 rings (SSSR count). The largest absolute Gasteiger partial charge is 0.344 e. The van der Waals surface area contributed by atoms with Gasteiger partial charge < -0.3 is 10.2 Å². The van der Waals surface area contributed by atoms with Gasteiger partial charge in [-0.25, -0.2) is 0 Å². The first-order valence-corrected chi connectivity index (χ1v) is 6.64. The Balaban J connectivity index is 2.58. The Morgan fingerprint density at radius 3 is 2.50 bits per heavy atom. The van der Waals surface area contributed by atoms with Gasteiger partial charge in [0.2, 0.25) is 11.8 Å². The van der Waals surface area contributed by atoms with Gasteiger partial charge in [0.05, 0.1) is 6.20 Å². The molecular weight excluding hydrogens is 256 g/mol. The predicted molar refractivity (Wildman–Crippen MR) is 76.7 cm³/mol. The standard InChI is InChI=1S/C14H24N4O2/c1-10(16-13(20)14(2,3)4)12(19)17(5)8-11-7-15-18(6)9-11/h7,9-10H,8H2,1-6H3,(H,16,20). The number of nitrogens with zero attached hydrogens (tertiary/aromatic N) is 3. The van der Waals surface area contributed by atoms with Crippen molar-refractivity contribution in [3.63, 3.8) is 0 Å². The zero-order chi connectivity index (χ0) is 15.5. The van der Waals surface area contributed by atoms with Gasteiger partial charge in [0.15, 0.2) is 0 Å². The fourth-order valence-electron chi connectivity index (χ4n) is 1.71. The van der Waals surface area contributed by atoms with E-state index in [0.717, 1.165) is 5.56 Å². The first-order valence-electron chi connectivity index (χ1n) is 6.64. The molecule has 0 aliphatic carbocycles. The second kappa shape index (κ2) is 6.07. The summed E-state index contributed by atoms with van der Waals surface area (Å²) in [5.74, 6) is -0.250. The molecule has 0 fully saturated rings. The van der Waals surface area contributed by atoms with E-state index < -0.39 is 11.5 Å². The Morgan fingerprint density at radius 2 is 2.05 bits per heavy atom. The van der Waals surface area contributed by atoms with Gasteiger partial charge in [-0.1, -0.05) is 20.8 Å². The number of carbonyl (C=O) groups excluding carboxylic acids is 2. The molecule has 0 aromatic carbocycles. The van der Waals surface area contributed by atoms with E-state index in [1.807, 2.05) is 34.0 Å². The van der Waals surface area contributed by atoms with Gasteiger partial charge in [-0.15, -0.1) is 0 Å². The third-order valence-corrected chi connectivity index (χ3v) is 2.95. The summed E-state index contributed by atoms with van der Waals surface area (Å²) in [4.78, 5) is 25.7. The van der Waals surface area contributed by atoms with Gasteiger partial charge >= 0.3 is 0 Å². The van der Waals surface area contributed by atoms with E-state index in [9.17, 15) is 9.59 Å². The molecule has 2 amide bonds. The molecule has 1 atom stereocenters. The summed E-state index contributed by atoms with van der Waals surface area (Å²) in [6, 6.07) is -0.539. The zero-order valence-corrected chi connectivity index (χ0v) is 13.1. The second-order valence-electron chi connectivity index (χ2n) is 6.16. The van der Waals surface area contributed by atoms with Crippen LogP contribution in [0.3, 0.4) is 0 Å². The molecule has 0 bridgehead atoms. The minimum absolute atomic E-state index is 0.119. The Labute approximate surface area is 120 Å². The van der Waals surface area contributed by atoms with Crippen molar-refractivity contribution >= 4 is 11.8 Å². The molecule has 0 aliphatic rings. The molecule has 1 unspecified atom stereocenters. The number of aryl methyl sites for hydroxylation is 1. The molecule has 0 saturated heterocycles. The van der Waals surface area contributed by atoms with E-state index >= 15 is 0 Å². The average molecular weight is 280 g/mol. The summed E-state index contributed by atoms with van der Waals surface area (Å²) < 4.78 is 1.69. The van der Waals surface area contributed by atoms with Crippen LogP contribution < -0.4 is 5.32 Å². The lowest BCUT2D eigenvalue weighted by Gasteiger charge is -2.25. The van der Waals surface area contributed by atoms with Gasteiger partial charge in [0, 0.05) is 37.8 Å². The fourth-order valence-corrected chi connectivity index (χ4v) is 1.71. The molecule has 1 aromatic rings. The normalized spacial score (nSPS) is 12.9. The van der Waals surface area contributed by atoms with Crippen LogP contribution in [0.5, 0.6) is 0 Å². The van der Waals surface area contributed by atoms with Crippen LogP contribution in [0, 0.1) is 5.41 Å². The van der Waals surface area contributed by atoms with E-state index in [4.69, 9.17) is 0 Å². The number of amides is 2. The minimum atomic E-state index is -0.539. The van der Waals surface area contributed by atoms with Gasteiger partial charge in [0.1, 0.15) is 6.04 Å². The zero-order valence-electron chi connectivity index (χ0n) is 13.1. The number of rotatable bonds is 4. The lowest BCUT2D eigenvalue weighted by molar-refractivity contribution is -0.137. The van der Waals surface area contributed by atoms with Crippen molar-refractivity contribution in [3.8, 4) is 0 Å². The summed E-state index contributed by atoms with van der Waals surface area (Å²) in [5.41, 5.74) is 0.453. The number of likely N-dealkylation sites (N-methyl/N-ethyl adjacent to an activating group) is 1. The van der Waals surface area contributed by atoms with Crippen molar-refractivity contribution < 1.29 is 9.59 Å². The Hall–Kier alpha value is -1.85. The van der Waals surface area contributed by atoms with Crippen molar-refractivity contribution in [2.45, 2.75) is 40.3 Å². The quantitative estimate of drug-likeness (QED) is 0.892. The molecule has 1 heterocycles. The predicted octanol–water partition coefficient (Wildman–Crippen LogP) is 0.929. The highest BCUT2D eigenvalue weighted by molar-refractivity contribution is 5.89. The summed E-state index contributed by atoms with van der Waals surface area (Å²) in [5, 5.41) is 6.80. The first kappa shape index (κ1) is 16.2. The highest BCUT2D eigenvalue weighted by atomic mass is 16.2. The molecule has 0 spiro atoms. The van der Waals surface area contributed by atoms with Gasteiger partial charge in [0.25, 0.3) is 0 Å². The van der Waals surface area contributed by atoms with Crippen molar-refractivity contribution in [2.24, 2.45) is 12.5 Å². The Kier molecular flexibility index (Phi) is 4.92. The number of hydrogen-bond donors (Lipinski definition) is 1. The molecular formula is C14H24N4O2. The van der Waals surface area contributed by atoms with Crippen molar-refractivity contribution in [1.29, 1.82) is 0 Å². The second-order valence-corrected chi connectivity index (χ2v) is 6.16. The molecule has 20 heavy (non-hydrogen) atoms. The smallest absolute Gasteiger partial charge is 0.244 e. The summed E-state index contributed by atoms with van der Waals surface area (Å²) >= 11 is 0. The van der Waals surface area contributed by atoms with E-state index in [2.05, 4.69) is 10.4 Å². The summed E-state index contributed by atoms with van der Waals surface area (Å²) in [6.07, 6.45) is 3.59. The van der Waals surface area contributed by atoms with Gasteiger partial charge in [-0.2, -0.15) is 5.10 Å². The van der Waals surface area contributed by atoms with Crippen LogP contribution in [-0.4, -0.2) is 39.6 Å². The average Bonchev–Trinajstić information content (AvgIpc) is 2.72. The van der Waals surface area contributed by atoms with E-state index in [-0.39, 0.29) is 11.8 Å². The highest BCUT2D eigenvalue weighted by Gasteiger charge is 2.26. The molecule has 6 heteroatoms. The topological polar surface area (TPSA) is 67.2 Å². The molecule has 1 N–H and O–H groups in total. The maximum atomic E-state index is 12.2. The van der Waals surface area contributed by atoms with Crippen LogP contribution in [0.25, 0.3) is 0 Å². The van der Waals surface area contributed by atoms with Gasteiger partial charge in [-0.3, -0.25) is 14.3 Å². The molecule has 1 aromatic heterocycles. The van der Waals surface area contributed by atoms with E-state index in [1.54, 1.807) is 29.7 Å². The molecule has 0 saturated carbocycles. The minimum Gasteiger partial charge on any atom is -0.344 e. The van der Waals surface area contributed by atoms with Crippen LogP contribution in [0.4, 0.5) is 0 Å². The third kappa shape index (κ3) is 4.36. The van der Waals surface area contributed by atoms with Crippen LogP contribution in [0.2, 0.25) is 0 Å². The number of aromatic nitrogens is 2. The van der Waals surface area contributed by atoms with Crippen LogP contribution in [0.15, 0.2) is 12.4 Å². The number of hydrogen-bond acceptors (Lipinski definition) is 3. The third-order valence-electron chi connectivity index (χ3n) is 2.95. The lowest BCUT2D eigenvalue weighted by atomic mass is 9.95. The summed E-state index contributed by atoms with van der Waals surface area (Å²) in [6.45, 7) is 7.63. The van der Waals surface area contributed by atoms with Crippen LogP contribution >= 0.6 is 0 Å². The van der Waals surface area contributed by atoms with Crippen molar-refractivity contribution in [2.75, 3.05) is 7.05 Å². The van der Waals surface area contributed by atoms with Crippen molar-refractivity contribution in [3.05, 3.63) is 18.0 Å². The Morgan fingerprint density at radius 1 is 1.45 bits per heavy atom. The molecule has 112 valence electrons. The molecule has 0 aliphatic heterocycles. The van der Waals surface area contributed by atoms with E-state index in [1.165, 1.54) is 0 Å². The maximum Gasteiger partial charge on any atom is 0.244 e. The summed E-state index contributed by atoms with van der Waals surface area (Å²) in [7, 11) is 3.55. The number of carbonyl (C=O) groups is 2. The lowest BCUT2D eigenvalue weighted by Crippen LogP contribution is -2.48. The first-order chi connectivity index (χ1) is 9.11. The maximum absolute atomic E-state index is 12.2. The molecule has 0 radical (unpaired) electrons. The van der Waals surface area contributed by atoms with Crippen molar-refractivity contribution in [1.82, 2.24) is 20.0 Å². The fraction of sp³-hybridized carbons (Fsp3) is 0.643. The van der Waals surface area contributed by atoms with E-state index in [0.29, 0.717) is 6.54 Å². The van der Waals surface area contributed by atoms with Crippen LogP contribution in [0.1, 0.15) is 33.3 Å². The Bertz CT molecular complexity index is 488. The molecule has 6 nitrogen and oxygen atoms in total. The SMILES string of the molecule is CC(NC(=O)C(C)(C)C)C(=O)N(C)Cc1cnn(C)c1. The van der Waals surface area contributed by atoms with Gasteiger partial charge in [-0.05, 0) is 6.92 Å².